The van der Waals surface area contributed by atoms with Gasteiger partial charge in [0.2, 0.25) is 17.7 Å². The van der Waals surface area contributed by atoms with Gasteiger partial charge in [0.25, 0.3) is 0 Å². The van der Waals surface area contributed by atoms with E-state index < -0.39 is 60.2 Å². The molecule has 0 spiro atoms. The molecule has 1 rings (SSSR count). The van der Waals surface area contributed by atoms with E-state index in [0.717, 1.165) is 0 Å². The monoisotopic (exact) mass is 464 g/mol. The lowest BCUT2D eigenvalue weighted by Crippen LogP contribution is -2.57. The zero-order valence-electron chi connectivity index (χ0n) is 18.9. The SMILES string of the molecule is CC(C)CC(N)C(=O)NC(Cc1ccccc1)C(=O)NC(CC(=O)O)C(=O)NC(C)C(=O)O. The summed E-state index contributed by atoms with van der Waals surface area (Å²) in [5.74, 6) is -4.88. The number of carbonyl (C=O) groups is 5. The first kappa shape index (κ1) is 27.6. The summed E-state index contributed by atoms with van der Waals surface area (Å²) in [5.41, 5.74) is 6.63. The third-order valence-corrected chi connectivity index (χ3v) is 4.72. The molecule has 3 amide bonds. The normalized spacial score (nSPS) is 14.5. The smallest absolute Gasteiger partial charge is 0.325 e. The van der Waals surface area contributed by atoms with E-state index in [-0.39, 0.29) is 12.3 Å². The molecule has 1 aromatic rings. The molecule has 182 valence electrons. The van der Waals surface area contributed by atoms with Gasteiger partial charge >= 0.3 is 11.9 Å². The van der Waals surface area contributed by atoms with Crippen LogP contribution in [0.4, 0.5) is 0 Å². The van der Waals surface area contributed by atoms with Gasteiger partial charge in [0.15, 0.2) is 0 Å². The third kappa shape index (κ3) is 10.1. The Morgan fingerprint density at radius 1 is 0.848 bits per heavy atom. The van der Waals surface area contributed by atoms with Gasteiger partial charge in [-0.05, 0) is 24.8 Å². The number of nitrogens with one attached hydrogen (secondary N) is 3. The summed E-state index contributed by atoms with van der Waals surface area (Å²) < 4.78 is 0. The minimum absolute atomic E-state index is 0.0692. The number of amides is 3. The van der Waals surface area contributed by atoms with Crippen molar-refractivity contribution < 1.29 is 34.2 Å². The van der Waals surface area contributed by atoms with Crippen LogP contribution in [0.3, 0.4) is 0 Å². The van der Waals surface area contributed by atoms with Gasteiger partial charge in [-0.15, -0.1) is 0 Å². The average molecular weight is 465 g/mol. The number of hydrogen-bond acceptors (Lipinski definition) is 6. The van der Waals surface area contributed by atoms with Crippen molar-refractivity contribution in [3.05, 3.63) is 35.9 Å². The number of nitrogens with two attached hydrogens (primary N) is 1. The van der Waals surface area contributed by atoms with Crippen LogP contribution in [0.2, 0.25) is 0 Å². The minimum Gasteiger partial charge on any atom is -0.481 e. The second kappa shape index (κ2) is 13.2. The molecule has 0 heterocycles. The van der Waals surface area contributed by atoms with Gasteiger partial charge in [0, 0.05) is 6.42 Å². The predicted octanol–water partition coefficient (Wildman–Crippen LogP) is -0.364. The molecule has 0 saturated heterocycles. The Labute approximate surface area is 192 Å². The lowest BCUT2D eigenvalue weighted by atomic mass is 10.0. The van der Waals surface area contributed by atoms with Gasteiger partial charge in [-0.1, -0.05) is 44.2 Å². The molecule has 0 radical (unpaired) electrons. The van der Waals surface area contributed by atoms with Crippen LogP contribution in [0.25, 0.3) is 0 Å². The largest absolute Gasteiger partial charge is 0.481 e. The summed E-state index contributed by atoms with van der Waals surface area (Å²) in [6.07, 6.45) is -0.314. The van der Waals surface area contributed by atoms with Gasteiger partial charge in [0.1, 0.15) is 18.1 Å². The molecule has 0 aromatic heterocycles. The summed E-state index contributed by atoms with van der Waals surface area (Å²) >= 11 is 0. The number of hydrogen-bond donors (Lipinski definition) is 6. The second-order valence-corrected chi connectivity index (χ2v) is 8.21. The summed E-state index contributed by atoms with van der Waals surface area (Å²) in [6.45, 7) is 5.00. The summed E-state index contributed by atoms with van der Waals surface area (Å²) in [6, 6.07) is 3.95. The van der Waals surface area contributed by atoms with E-state index in [1.165, 1.54) is 6.92 Å². The van der Waals surface area contributed by atoms with Crippen LogP contribution in [0.1, 0.15) is 39.2 Å². The van der Waals surface area contributed by atoms with Crippen molar-refractivity contribution in [3.8, 4) is 0 Å². The number of carboxylic acid groups (broad SMARTS) is 2. The van der Waals surface area contributed by atoms with Gasteiger partial charge < -0.3 is 31.9 Å². The van der Waals surface area contributed by atoms with E-state index in [9.17, 15) is 24.0 Å². The lowest BCUT2D eigenvalue weighted by Gasteiger charge is -2.24. The number of carbonyl (C=O) groups excluding carboxylic acids is 3. The summed E-state index contributed by atoms with van der Waals surface area (Å²) in [7, 11) is 0. The van der Waals surface area contributed by atoms with Crippen molar-refractivity contribution in [1.82, 2.24) is 16.0 Å². The maximum Gasteiger partial charge on any atom is 0.325 e. The van der Waals surface area contributed by atoms with Gasteiger partial charge in [-0.3, -0.25) is 24.0 Å². The lowest BCUT2D eigenvalue weighted by molar-refractivity contribution is -0.143. The van der Waals surface area contributed by atoms with Crippen molar-refractivity contribution >= 4 is 29.7 Å². The molecule has 0 aliphatic rings. The molecule has 0 saturated carbocycles. The molecule has 4 unspecified atom stereocenters. The van der Waals surface area contributed by atoms with E-state index in [2.05, 4.69) is 16.0 Å². The first-order valence-electron chi connectivity index (χ1n) is 10.6. The highest BCUT2D eigenvalue weighted by atomic mass is 16.4. The van der Waals surface area contributed by atoms with Gasteiger partial charge in [-0.25, -0.2) is 0 Å². The summed E-state index contributed by atoms with van der Waals surface area (Å²) in [4.78, 5) is 60.1. The highest BCUT2D eigenvalue weighted by molar-refractivity contribution is 5.95. The Hall–Kier alpha value is -3.47. The molecular formula is C22H32N4O7. The quantitative estimate of drug-likeness (QED) is 0.228. The van der Waals surface area contributed by atoms with Crippen molar-refractivity contribution in [2.75, 3.05) is 0 Å². The maximum atomic E-state index is 13.0. The molecule has 1 aromatic carbocycles. The van der Waals surface area contributed by atoms with Crippen LogP contribution in [-0.2, 0) is 30.4 Å². The Kier molecular flexibility index (Phi) is 11.0. The van der Waals surface area contributed by atoms with Crippen LogP contribution >= 0.6 is 0 Å². The van der Waals surface area contributed by atoms with E-state index in [4.69, 9.17) is 15.9 Å². The van der Waals surface area contributed by atoms with Crippen molar-refractivity contribution in [2.24, 2.45) is 11.7 Å². The fourth-order valence-electron chi connectivity index (χ4n) is 2.98. The third-order valence-electron chi connectivity index (χ3n) is 4.72. The number of aliphatic carboxylic acids is 2. The van der Waals surface area contributed by atoms with Crippen LogP contribution in [-0.4, -0.2) is 64.0 Å². The van der Waals surface area contributed by atoms with Crippen LogP contribution in [0, 0.1) is 5.92 Å². The van der Waals surface area contributed by atoms with E-state index >= 15 is 0 Å². The maximum absolute atomic E-state index is 13.0. The zero-order valence-corrected chi connectivity index (χ0v) is 18.9. The minimum atomic E-state index is -1.55. The Balaban J connectivity index is 3.06. The van der Waals surface area contributed by atoms with Crippen molar-refractivity contribution in [3.63, 3.8) is 0 Å². The Morgan fingerprint density at radius 3 is 1.91 bits per heavy atom. The topological polar surface area (TPSA) is 188 Å². The standard InChI is InChI=1S/C22H32N4O7/c1-12(2)9-15(23)19(29)25-16(10-14-7-5-4-6-8-14)21(31)26-17(11-18(27)28)20(30)24-13(3)22(32)33/h4-8,12-13,15-17H,9-11,23H2,1-3H3,(H,24,30)(H,25,29)(H,26,31)(H,27,28)(H,32,33). The van der Waals surface area contributed by atoms with Crippen LogP contribution in [0.15, 0.2) is 30.3 Å². The molecule has 11 heteroatoms. The molecule has 0 aliphatic heterocycles. The number of carboxylic acids is 2. The highest BCUT2D eigenvalue weighted by Crippen LogP contribution is 2.07. The van der Waals surface area contributed by atoms with Crippen molar-refractivity contribution in [2.45, 2.75) is 64.2 Å². The fraction of sp³-hybridized carbons (Fsp3) is 0.500. The zero-order chi connectivity index (χ0) is 25.1. The van der Waals surface area contributed by atoms with Crippen molar-refractivity contribution in [1.29, 1.82) is 0 Å². The highest BCUT2D eigenvalue weighted by Gasteiger charge is 2.31. The first-order valence-corrected chi connectivity index (χ1v) is 10.6. The fourth-order valence-corrected chi connectivity index (χ4v) is 2.98. The summed E-state index contributed by atoms with van der Waals surface area (Å²) in [5, 5.41) is 25.1. The molecule has 4 atom stereocenters. The van der Waals surface area contributed by atoms with Gasteiger partial charge in [-0.2, -0.15) is 0 Å². The number of rotatable bonds is 13. The molecular weight excluding hydrogens is 432 g/mol. The van der Waals surface area contributed by atoms with Crippen LogP contribution < -0.4 is 21.7 Å². The molecule has 0 aliphatic carbocycles. The molecule has 11 nitrogen and oxygen atoms in total. The Morgan fingerprint density at radius 2 is 1.39 bits per heavy atom. The van der Waals surface area contributed by atoms with Gasteiger partial charge in [0.05, 0.1) is 12.5 Å². The molecule has 0 fully saturated rings. The van der Waals surface area contributed by atoms with E-state index in [0.29, 0.717) is 12.0 Å². The average Bonchev–Trinajstić information content (AvgIpc) is 2.72. The Bertz CT molecular complexity index is 844. The number of benzene rings is 1. The molecule has 33 heavy (non-hydrogen) atoms. The predicted molar refractivity (Wildman–Crippen MR) is 119 cm³/mol. The molecule has 7 N–H and O–H groups in total. The van der Waals surface area contributed by atoms with Crippen LogP contribution in [0.5, 0.6) is 0 Å². The molecule has 0 bridgehead atoms. The van der Waals surface area contributed by atoms with E-state index in [1.807, 2.05) is 13.8 Å². The second-order valence-electron chi connectivity index (χ2n) is 8.21. The van der Waals surface area contributed by atoms with E-state index in [1.54, 1.807) is 30.3 Å². The first-order chi connectivity index (χ1) is 15.4.